The van der Waals surface area contributed by atoms with Crippen LogP contribution in [0.25, 0.3) is 43.1 Å². The van der Waals surface area contributed by atoms with E-state index >= 15 is 0 Å². The van der Waals surface area contributed by atoms with Crippen LogP contribution in [0.5, 0.6) is 0 Å². The van der Waals surface area contributed by atoms with Gasteiger partial charge >= 0.3 is 21.7 Å². The van der Waals surface area contributed by atoms with E-state index in [9.17, 15) is 0 Å². The number of fused-ring (bicyclic) bond motifs is 6. The minimum Gasteiger partial charge on any atom is -0.358 e. The van der Waals surface area contributed by atoms with Gasteiger partial charge in [-0.05, 0) is 0 Å². The molecule has 0 aromatic heterocycles. The monoisotopic (exact) mass is 408 g/mol. The molecule has 0 aliphatic carbocycles. The van der Waals surface area contributed by atoms with Gasteiger partial charge in [0.2, 0.25) is 0 Å². The van der Waals surface area contributed by atoms with Crippen molar-refractivity contribution in [2.45, 2.75) is 0 Å². The summed E-state index contributed by atoms with van der Waals surface area (Å²) in [6.45, 7) is 0. The van der Waals surface area contributed by atoms with Crippen LogP contribution in [0.2, 0.25) is 0 Å². The Kier molecular flexibility index (Phi) is 7.56. The average Bonchev–Trinajstić information content (AvgIpc) is 3.27. The van der Waals surface area contributed by atoms with Crippen molar-refractivity contribution in [3.05, 3.63) is 124 Å². The molecule has 0 saturated carbocycles. The molecule has 29 heavy (non-hydrogen) atoms. The molecule has 0 spiro atoms. The summed E-state index contributed by atoms with van der Waals surface area (Å²) in [7, 11) is 0. The largest absolute Gasteiger partial charge is 4.00 e. The standard InChI is InChI=1S/2C13H9.2CH3.Ti/c2*1-3-7-12-10(5-1)9-11-6-2-4-8-13(11)12;;;/h2*1-9H;2*1H3;/q4*-1;+4. The molecule has 0 bridgehead atoms. The van der Waals surface area contributed by atoms with Crippen molar-refractivity contribution in [3.8, 4) is 0 Å². The molecular weight excluding hydrogens is 384 g/mol. The molecule has 0 nitrogen and oxygen atoms in total. The van der Waals surface area contributed by atoms with Crippen LogP contribution in [0.1, 0.15) is 0 Å². The van der Waals surface area contributed by atoms with E-state index in [4.69, 9.17) is 0 Å². The summed E-state index contributed by atoms with van der Waals surface area (Å²) in [4.78, 5) is 0. The molecule has 0 N–H and O–H groups in total. The molecule has 0 fully saturated rings. The summed E-state index contributed by atoms with van der Waals surface area (Å²) in [6.07, 6.45) is 0. The summed E-state index contributed by atoms with van der Waals surface area (Å²) < 4.78 is 0. The molecule has 0 atom stereocenters. The Bertz CT molecular complexity index is 1130. The topological polar surface area (TPSA) is 0 Å². The van der Waals surface area contributed by atoms with Gasteiger partial charge in [0.05, 0.1) is 0 Å². The average molecular weight is 408 g/mol. The van der Waals surface area contributed by atoms with Crippen molar-refractivity contribution >= 4 is 43.1 Å². The Morgan fingerprint density at radius 3 is 0.793 bits per heavy atom. The van der Waals surface area contributed by atoms with Gasteiger partial charge in [0.15, 0.2) is 0 Å². The van der Waals surface area contributed by atoms with Crippen molar-refractivity contribution in [1.29, 1.82) is 0 Å². The van der Waals surface area contributed by atoms with Crippen LogP contribution in [-0.4, -0.2) is 0 Å². The van der Waals surface area contributed by atoms with Gasteiger partial charge in [0.25, 0.3) is 0 Å². The predicted octanol–water partition coefficient (Wildman–Crippen LogP) is 8.32. The zero-order valence-corrected chi connectivity index (χ0v) is 18.5. The van der Waals surface area contributed by atoms with Crippen LogP contribution in [-0.2, 0) is 21.7 Å². The third-order valence-electron chi connectivity index (χ3n) is 5.05. The predicted molar refractivity (Wildman–Crippen MR) is 127 cm³/mol. The molecular formula is C28H24Ti. The number of benzene rings is 4. The van der Waals surface area contributed by atoms with Crippen molar-refractivity contribution in [1.82, 2.24) is 0 Å². The van der Waals surface area contributed by atoms with Crippen molar-refractivity contribution in [3.63, 3.8) is 0 Å². The Morgan fingerprint density at radius 2 is 0.552 bits per heavy atom. The van der Waals surface area contributed by atoms with E-state index in [1.54, 1.807) is 0 Å². The van der Waals surface area contributed by atoms with Gasteiger partial charge < -0.3 is 14.9 Å². The van der Waals surface area contributed by atoms with Crippen LogP contribution < -0.4 is 0 Å². The van der Waals surface area contributed by atoms with Crippen LogP contribution in [0.3, 0.4) is 0 Å². The summed E-state index contributed by atoms with van der Waals surface area (Å²) in [5.41, 5.74) is 0. The van der Waals surface area contributed by atoms with Gasteiger partial charge in [-0.15, -0.1) is 79.5 Å². The summed E-state index contributed by atoms with van der Waals surface area (Å²) in [6, 6.07) is 38.5. The molecule has 0 amide bonds. The number of hydrogen-bond acceptors (Lipinski definition) is 0. The molecule has 0 aliphatic heterocycles. The molecule has 6 aromatic carbocycles. The molecule has 0 radical (unpaired) electrons. The van der Waals surface area contributed by atoms with Gasteiger partial charge in [-0.1, -0.05) is 72.8 Å². The Balaban J connectivity index is 0.000000187. The van der Waals surface area contributed by atoms with Gasteiger partial charge in [0, 0.05) is 0 Å². The first-order valence-corrected chi connectivity index (χ1v) is 8.96. The van der Waals surface area contributed by atoms with E-state index in [2.05, 4.69) is 109 Å². The molecule has 6 aromatic rings. The Labute approximate surface area is 188 Å². The maximum absolute atomic E-state index is 2.24. The number of rotatable bonds is 0. The first-order chi connectivity index (χ1) is 12.9. The minimum atomic E-state index is 0. The van der Waals surface area contributed by atoms with E-state index in [0.29, 0.717) is 0 Å². The van der Waals surface area contributed by atoms with Crippen molar-refractivity contribution in [2.75, 3.05) is 0 Å². The fourth-order valence-electron chi connectivity index (χ4n) is 3.81. The Hall–Kier alpha value is -2.67. The maximum atomic E-state index is 2.24. The molecule has 1 heteroatoms. The van der Waals surface area contributed by atoms with E-state index < -0.39 is 0 Å². The molecule has 0 aliphatic rings. The third-order valence-corrected chi connectivity index (χ3v) is 5.05. The van der Waals surface area contributed by atoms with Gasteiger partial charge in [0.1, 0.15) is 0 Å². The van der Waals surface area contributed by atoms with Crippen molar-refractivity contribution in [2.24, 2.45) is 0 Å². The fraction of sp³-hybridized carbons (Fsp3) is 0. The van der Waals surface area contributed by atoms with Gasteiger partial charge in [-0.25, -0.2) is 0 Å². The van der Waals surface area contributed by atoms with E-state index in [-0.39, 0.29) is 36.6 Å². The summed E-state index contributed by atoms with van der Waals surface area (Å²) in [5, 5.41) is 10.8. The molecule has 140 valence electrons. The zero-order valence-electron chi connectivity index (χ0n) is 16.9. The first kappa shape index (κ1) is 22.6. The smallest absolute Gasteiger partial charge is 0.358 e. The van der Waals surface area contributed by atoms with Crippen LogP contribution in [0, 0.1) is 14.9 Å². The van der Waals surface area contributed by atoms with Crippen LogP contribution in [0.15, 0.2) is 109 Å². The molecule has 0 saturated heterocycles. The Morgan fingerprint density at radius 1 is 0.345 bits per heavy atom. The fourth-order valence-corrected chi connectivity index (χ4v) is 3.81. The maximum Gasteiger partial charge on any atom is 4.00 e. The zero-order chi connectivity index (χ0) is 17.3. The van der Waals surface area contributed by atoms with Crippen LogP contribution in [0.4, 0.5) is 0 Å². The van der Waals surface area contributed by atoms with Gasteiger partial charge in [-0.3, -0.25) is 0 Å². The SMILES string of the molecule is [CH3-].[CH3-].[Ti+4].c1ccc2c(c1)[cH-]c1ccccc12.c1ccc2c(c1)[cH-]c1ccccc12. The second kappa shape index (κ2) is 9.70. The molecule has 6 rings (SSSR count). The molecule has 0 unspecified atom stereocenters. The molecule has 0 heterocycles. The third kappa shape index (κ3) is 4.20. The number of hydrogen-bond donors (Lipinski definition) is 0. The van der Waals surface area contributed by atoms with Crippen molar-refractivity contribution < 1.29 is 21.7 Å². The van der Waals surface area contributed by atoms with E-state index in [1.807, 2.05) is 0 Å². The normalized spacial score (nSPS) is 9.93. The quantitative estimate of drug-likeness (QED) is 0.175. The second-order valence-electron chi connectivity index (χ2n) is 6.64. The van der Waals surface area contributed by atoms with Crippen LogP contribution >= 0.6 is 0 Å². The minimum absolute atomic E-state index is 0. The van der Waals surface area contributed by atoms with E-state index in [1.165, 1.54) is 43.1 Å². The van der Waals surface area contributed by atoms with Gasteiger partial charge in [-0.2, -0.15) is 0 Å². The summed E-state index contributed by atoms with van der Waals surface area (Å²) in [5.74, 6) is 0. The van der Waals surface area contributed by atoms with E-state index in [0.717, 1.165) is 0 Å². The summed E-state index contributed by atoms with van der Waals surface area (Å²) >= 11 is 0. The second-order valence-corrected chi connectivity index (χ2v) is 6.64. The first-order valence-electron chi connectivity index (χ1n) is 8.96.